The Balaban J connectivity index is 1.50. The average Bonchev–Trinajstić information content (AvgIpc) is 2.73. The Morgan fingerprint density at radius 3 is 2.52 bits per heavy atom. The lowest BCUT2D eigenvalue weighted by Gasteiger charge is -2.17. The third-order valence-electron chi connectivity index (χ3n) is 4.37. The van der Waals surface area contributed by atoms with Crippen LogP contribution in [-0.4, -0.2) is 37.1 Å². The molecule has 3 aromatic rings. The largest absolute Gasteiger partial charge is 0.492 e. The van der Waals surface area contributed by atoms with E-state index in [1.54, 1.807) is 38.2 Å². The zero-order valence-corrected chi connectivity index (χ0v) is 16.6. The maximum atomic E-state index is 12.3. The minimum absolute atomic E-state index is 0.101. The minimum Gasteiger partial charge on any atom is -0.492 e. The lowest BCUT2D eigenvalue weighted by Crippen LogP contribution is -2.33. The summed E-state index contributed by atoms with van der Waals surface area (Å²) < 4.78 is 11.1. The lowest BCUT2D eigenvalue weighted by molar-refractivity contribution is -0.115. The fraction of sp³-hybridized carbons (Fsp3) is 0.217. The smallest absolute Gasteiger partial charge is 0.415 e. The number of benzene rings is 3. The number of amides is 2. The first-order valence-electron chi connectivity index (χ1n) is 9.49. The highest BCUT2D eigenvalue weighted by Gasteiger charge is 2.12. The van der Waals surface area contributed by atoms with Gasteiger partial charge >= 0.3 is 6.09 Å². The first-order valence-corrected chi connectivity index (χ1v) is 9.49. The van der Waals surface area contributed by atoms with Gasteiger partial charge in [0.15, 0.2) is 0 Å². The summed E-state index contributed by atoms with van der Waals surface area (Å²) in [4.78, 5) is 25.2. The van der Waals surface area contributed by atoms with Crippen LogP contribution in [0.2, 0.25) is 0 Å². The predicted molar refractivity (Wildman–Crippen MR) is 113 cm³/mol. The third-order valence-corrected chi connectivity index (χ3v) is 4.37. The van der Waals surface area contributed by atoms with Crippen molar-refractivity contribution >= 4 is 28.5 Å². The average molecular weight is 392 g/mol. The van der Waals surface area contributed by atoms with Gasteiger partial charge in [0.05, 0.1) is 6.54 Å². The molecule has 0 saturated carbocycles. The fourth-order valence-corrected chi connectivity index (χ4v) is 2.71. The zero-order valence-electron chi connectivity index (χ0n) is 16.6. The molecule has 0 aromatic heterocycles. The Kier molecular flexibility index (Phi) is 6.68. The van der Waals surface area contributed by atoms with Gasteiger partial charge in [0.25, 0.3) is 0 Å². The first-order chi connectivity index (χ1) is 14.0. The van der Waals surface area contributed by atoms with Crippen molar-refractivity contribution in [1.29, 1.82) is 0 Å². The molecule has 0 heterocycles. The predicted octanol–water partition coefficient (Wildman–Crippen LogP) is 4.70. The van der Waals surface area contributed by atoms with Crippen LogP contribution in [0.25, 0.3) is 10.8 Å². The number of ether oxygens (including phenoxy) is 2. The highest BCUT2D eigenvalue weighted by atomic mass is 16.6. The van der Waals surface area contributed by atoms with Crippen LogP contribution in [0.3, 0.4) is 0 Å². The van der Waals surface area contributed by atoms with Gasteiger partial charge in [-0.3, -0.25) is 4.79 Å². The summed E-state index contributed by atoms with van der Waals surface area (Å²) in [7, 11) is 1.65. The van der Waals surface area contributed by atoms with Gasteiger partial charge in [-0.1, -0.05) is 43.3 Å². The summed E-state index contributed by atoms with van der Waals surface area (Å²) in [6.45, 7) is 2.49. The molecule has 29 heavy (non-hydrogen) atoms. The van der Waals surface area contributed by atoms with Gasteiger partial charge in [0.2, 0.25) is 5.91 Å². The second-order valence-corrected chi connectivity index (χ2v) is 6.58. The van der Waals surface area contributed by atoms with E-state index in [9.17, 15) is 9.59 Å². The van der Waals surface area contributed by atoms with E-state index in [4.69, 9.17) is 9.47 Å². The molecule has 0 bridgehead atoms. The van der Waals surface area contributed by atoms with Crippen molar-refractivity contribution in [3.63, 3.8) is 0 Å². The molecule has 150 valence electrons. The van der Waals surface area contributed by atoms with E-state index in [1.807, 2.05) is 42.5 Å². The van der Waals surface area contributed by atoms with Crippen LogP contribution in [0.5, 0.6) is 11.5 Å². The van der Waals surface area contributed by atoms with E-state index in [0.29, 0.717) is 31.0 Å². The molecule has 0 aliphatic heterocycles. The molecule has 6 nitrogen and oxygen atoms in total. The number of hydrogen-bond acceptors (Lipinski definition) is 4. The van der Waals surface area contributed by atoms with Crippen molar-refractivity contribution in [1.82, 2.24) is 4.90 Å². The number of nitrogens with one attached hydrogen (secondary N) is 1. The fourth-order valence-electron chi connectivity index (χ4n) is 2.71. The molecule has 1 N–H and O–H groups in total. The Labute approximate surface area is 170 Å². The van der Waals surface area contributed by atoms with E-state index in [1.165, 1.54) is 4.90 Å². The van der Waals surface area contributed by atoms with Crippen molar-refractivity contribution in [3.8, 4) is 11.5 Å². The van der Waals surface area contributed by atoms with Gasteiger partial charge in [-0.15, -0.1) is 0 Å². The molecule has 0 aliphatic rings. The molecular formula is C23H24N2O4. The Hall–Kier alpha value is -3.54. The number of carbonyl (C=O) groups is 2. The summed E-state index contributed by atoms with van der Waals surface area (Å²) in [6, 6.07) is 20.7. The van der Waals surface area contributed by atoms with E-state index in [2.05, 4.69) is 5.32 Å². The molecular weight excluding hydrogens is 368 g/mol. The zero-order chi connectivity index (χ0) is 20.6. The van der Waals surface area contributed by atoms with Gasteiger partial charge in [0.1, 0.15) is 18.1 Å². The molecule has 6 heteroatoms. The van der Waals surface area contributed by atoms with Crippen LogP contribution in [0, 0.1) is 0 Å². The van der Waals surface area contributed by atoms with E-state index >= 15 is 0 Å². The molecule has 2 amide bonds. The Morgan fingerprint density at radius 1 is 0.931 bits per heavy atom. The minimum atomic E-state index is -0.494. The van der Waals surface area contributed by atoms with Crippen molar-refractivity contribution in [2.45, 2.75) is 13.3 Å². The highest BCUT2D eigenvalue weighted by Crippen LogP contribution is 2.21. The summed E-state index contributed by atoms with van der Waals surface area (Å²) in [6.07, 6.45) is -0.115. The van der Waals surface area contributed by atoms with Gasteiger partial charge < -0.3 is 19.7 Å². The van der Waals surface area contributed by atoms with Gasteiger partial charge in [-0.25, -0.2) is 4.79 Å². The van der Waals surface area contributed by atoms with Crippen LogP contribution in [0.1, 0.15) is 13.3 Å². The number of hydrogen-bond donors (Lipinski definition) is 1. The first kappa shape index (κ1) is 20.2. The number of rotatable bonds is 7. The van der Waals surface area contributed by atoms with Crippen LogP contribution in [0.15, 0.2) is 66.7 Å². The van der Waals surface area contributed by atoms with Crippen LogP contribution >= 0.6 is 0 Å². The normalized spacial score (nSPS) is 10.4. The van der Waals surface area contributed by atoms with Crippen LogP contribution in [0.4, 0.5) is 10.5 Å². The Bertz CT molecular complexity index is 1000. The number of fused-ring (bicyclic) bond motifs is 1. The molecule has 3 rings (SSSR count). The molecule has 0 radical (unpaired) electrons. The van der Waals surface area contributed by atoms with E-state index in [0.717, 1.165) is 16.5 Å². The second-order valence-electron chi connectivity index (χ2n) is 6.58. The third kappa shape index (κ3) is 5.72. The molecule has 0 fully saturated rings. The number of anilines is 1. The second kappa shape index (κ2) is 9.59. The van der Waals surface area contributed by atoms with Gasteiger partial charge in [-0.2, -0.15) is 0 Å². The molecule has 0 aliphatic carbocycles. The van der Waals surface area contributed by atoms with Crippen LogP contribution in [-0.2, 0) is 4.79 Å². The molecule has 3 aromatic carbocycles. The Morgan fingerprint density at radius 2 is 1.72 bits per heavy atom. The summed E-state index contributed by atoms with van der Waals surface area (Å²) >= 11 is 0. The molecule has 0 unspecified atom stereocenters. The van der Waals surface area contributed by atoms with Crippen molar-refractivity contribution in [3.05, 3.63) is 66.7 Å². The van der Waals surface area contributed by atoms with Gasteiger partial charge in [-0.05, 0) is 35.0 Å². The number of carbonyl (C=O) groups excluding carboxylic acids is 2. The maximum absolute atomic E-state index is 12.3. The van der Waals surface area contributed by atoms with Crippen LogP contribution < -0.4 is 14.8 Å². The van der Waals surface area contributed by atoms with Gasteiger partial charge in [0, 0.05) is 25.2 Å². The maximum Gasteiger partial charge on any atom is 0.415 e. The highest BCUT2D eigenvalue weighted by molar-refractivity contribution is 5.90. The lowest BCUT2D eigenvalue weighted by atomic mass is 10.1. The summed E-state index contributed by atoms with van der Waals surface area (Å²) in [5.41, 5.74) is 0.587. The van der Waals surface area contributed by atoms with E-state index in [-0.39, 0.29) is 5.91 Å². The monoisotopic (exact) mass is 392 g/mol. The summed E-state index contributed by atoms with van der Waals surface area (Å²) in [5, 5.41) is 4.99. The standard InChI is InChI=1S/C23H24N2O4/c1-3-22(26)24-19-9-6-10-21(16-19)29-23(27)25(2)13-14-28-20-12-11-17-7-4-5-8-18(17)15-20/h4-12,15-16H,3,13-14H2,1-2H3,(H,24,26). The van der Waals surface area contributed by atoms with Crippen molar-refractivity contribution in [2.24, 2.45) is 0 Å². The molecule has 0 saturated heterocycles. The number of nitrogens with zero attached hydrogens (tertiary/aromatic N) is 1. The molecule has 0 atom stereocenters. The molecule has 0 spiro atoms. The SMILES string of the molecule is CCC(=O)Nc1cccc(OC(=O)N(C)CCOc2ccc3ccccc3c2)c1. The van der Waals surface area contributed by atoms with Crippen molar-refractivity contribution in [2.75, 3.05) is 25.5 Å². The number of likely N-dealkylation sites (N-methyl/N-ethyl adjacent to an activating group) is 1. The van der Waals surface area contributed by atoms with E-state index < -0.39 is 6.09 Å². The topological polar surface area (TPSA) is 67.9 Å². The summed E-state index contributed by atoms with van der Waals surface area (Å²) in [5.74, 6) is 1.02. The quantitative estimate of drug-likeness (QED) is 0.633. The van der Waals surface area contributed by atoms with Crippen molar-refractivity contribution < 1.29 is 19.1 Å².